The smallest absolute Gasteiger partial charge is 0.313 e. The fourth-order valence-electron chi connectivity index (χ4n) is 3.04. The summed E-state index contributed by atoms with van der Waals surface area (Å²) >= 11 is 0. The predicted octanol–water partition coefficient (Wildman–Crippen LogP) is 4.25. The first kappa shape index (κ1) is 21.3. The molecule has 2 unspecified atom stereocenters. The van der Waals surface area contributed by atoms with Crippen LogP contribution in [0.1, 0.15) is 76.7 Å². The van der Waals surface area contributed by atoms with Crippen LogP contribution in [0.25, 0.3) is 0 Å². The molecule has 0 amide bonds. The molecular weight excluding hydrogens is 320 g/mol. The minimum Gasteiger partial charge on any atom is -0.508 e. The lowest BCUT2D eigenvalue weighted by Crippen LogP contribution is -2.16. The third-order valence-electron chi connectivity index (χ3n) is 4.30. The first-order valence-corrected chi connectivity index (χ1v) is 9.35. The van der Waals surface area contributed by atoms with Gasteiger partial charge in [0.1, 0.15) is 11.5 Å². The van der Waals surface area contributed by atoms with Gasteiger partial charge in [0.25, 0.3) is 0 Å². The zero-order valence-corrected chi connectivity index (χ0v) is 15.4. The van der Waals surface area contributed by atoms with Crippen LogP contribution in [0.3, 0.4) is 0 Å². The number of rotatable bonds is 12. The predicted molar refractivity (Wildman–Crippen MR) is 97.8 cm³/mol. The number of hydrogen-bond donors (Lipinski definition) is 3. The van der Waals surface area contributed by atoms with Crippen molar-refractivity contribution in [2.45, 2.75) is 77.2 Å². The second kappa shape index (κ2) is 11.7. The highest BCUT2D eigenvalue weighted by atomic mass is 16.5. The maximum atomic E-state index is 12.2. The standard InChI is InChI=1S/C20H32O5/c1-3-9-16(21)10-7-5-6-8-11-19(20(24)25-4-2)15-12-17(22)14-18(23)13-15/h12-14,16,19,21-23H,3-11H2,1-2H3. The normalized spacial score (nSPS) is 13.4. The van der Waals surface area contributed by atoms with Gasteiger partial charge in [-0.05, 0) is 43.9 Å². The van der Waals surface area contributed by atoms with Crippen LogP contribution >= 0.6 is 0 Å². The van der Waals surface area contributed by atoms with Crippen molar-refractivity contribution in [1.29, 1.82) is 0 Å². The zero-order chi connectivity index (χ0) is 18.7. The Bertz CT molecular complexity index is 495. The molecule has 0 aliphatic carbocycles. The average molecular weight is 352 g/mol. The molecule has 142 valence electrons. The molecule has 3 N–H and O–H groups in total. The molecule has 0 radical (unpaired) electrons. The molecule has 25 heavy (non-hydrogen) atoms. The van der Waals surface area contributed by atoms with Crippen LogP contribution in [-0.2, 0) is 9.53 Å². The number of phenols is 2. The molecule has 0 bridgehead atoms. The summed E-state index contributed by atoms with van der Waals surface area (Å²) in [6.07, 6.45) is 6.91. The van der Waals surface area contributed by atoms with E-state index in [0.29, 0.717) is 18.6 Å². The van der Waals surface area contributed by atoms with Gasteiger partial charge in [-0.1, -0.05) is 39.0 Å². The fraction of sp³-hybridized carbons (Fsp3) is 0.650. The molecule has 1 aromatic rings. The molecule has 0 heterocycles. The zero-order valence-electron chi connectivity index (χ0n) is 15.4. The minimum absolute atomic E-state index is 0.0609. The summed E-state index contributed by atoms with van der Waals surface area (Å²) in [7, 11) is 0. The summed E-state index contributed by atoms with van der Waals surface area (Å²) in [5.74, 6) is -0.932. The first-order chi connectivity index (χ1) is 12.0. The van der Waals surface area contributed by atoms with E-state index >= 15 is 0 Å². The molecule has 0 aliphatic rings. The van der Waals surface area contributed by atoms with E-state index in [1.807, 2.05) is 0 Å². The van der Waals surface area contributed by atoms with Crippen molar-refractivity contribution >= 4 is 5.97 Å². The van der Waals surface area contributed by atoms with Crippen LogP contribution < -0.4 is 0 Å². The van der Waals surface area contributed by atoms with Crippen LogP contribution in [0.2, 0.25) is 0 Å². The number of aliphatic hydroxyl groups is 1. The average Bonchev–Trinajstić information content (AvgIpc) is 2.53. The minimum atomic E-state index is -0.483. The molecule has 1 aromatic carbocycles. The summed E-state index contributed by atoms with van der Waals surface area (Å²) in [6.45, 7) is 4.13. The van der Waals surface area contributed by atoms with Crippen LogP contribution in [0.5, 0.6) is 11.5 Å². The molecular formula is C20H32O5. The van der Waals surface area contributed by atoms with E-state index in [2.05, 4.69) is 6.92 Å². The maximum absolute atomic E-state index is 12.2. The van der Waals surface area contributed by atoms with Crippen LogP contribution in [-0.4, -0.2) is 34.0 Å². The molecule has 0 saturated heterocycles. The number of ether oxygens (including phenoxy) is 1. The van der Waals surface area contributed by atoms with Gasteiger partial charge in [0, 0.05) is 6.07 Å². The molecule has 0 saturated carbocycles. The number of unbranched alkanes of at least 4 members (excludes halogenated alkanes) is 3. The van der Waals surface area contributed by atoms with Crippen LogP contribution in [0.15, 0.2) is 18.2 Å². The van der Waals surface area contributed by atoms with Gasteiger partial charge in [-0.25, -0.2) is 0 Å². The molecule has 5 nitrogen and oxygen atoms in total. The molecule has 0 aliphatic heterocycles. The van der Waals surface area contributed by atoms with Crippen molar-refractivity contribution in [3.63, 3.8) is 0 Å². The highest BCUT2D eigenvalue weighted by molar-refractivity contribution is 5.78. The number of aromatic hydroxyl groups is 2. The Morgan fingerprint density at radius 3 is 2.12 bits per heavy atom. The van der Waals surface area contributed by atoms with Gasteiger partial charge >= 0.3 is 5.97 Å². The second-order valence-electron chi connectivity index (χ2n) is 6.52. The van der Waals surface area contributed by atoms with E-state index in [-0.39, 0.29) is 23.6 Å². The van der Waals surface area contributed by atoms with Crippen molar-refractivity contribution in [2.24, 2.45) is 0 Å². The van der Waals surface area contributed by atoms with Crippen LogP contribution in [0, 0.1) is 0 Å². The summed E-state index contributed by atoms with van der Waals surface area (Å²) in [6, 6.07) is 4.25. The molecule has 0 spiro atoms. The summed E-state index contributed by atoms with van der Waals surface area (Å²) in [4.78, 5) is 12.2. The maximum Gasteiger partial charge on any atom is 0.313 e. The monoisotopic (exact) mass is 352 g/mol. The largest absolute Gasteiger partial charge is 0.508 e. The number of carbonyl (C=O) groups is 1. The van der Waals surface area contributed by atoms with Gasteiger partial charge in [0.2, 0.25) is 0 Å². The Morgan fingerprint density at radius 1 is 0.960 bits per heavy atom. The van der Waals surface area contributed by atoms with Crippen molar-refractivity contribution in [3.8, 4) is 11.5 Å². The SMILES string of the molecule is CCCC(O)CCCCCCC(C(=O)OCC)c1cc(O)cc(O)c1. The molecule has 0 aromatic heterocycles. The third kappa shape index (κ3) is 8.25. The fourth-order valence-corrected chi connectivity index (χ4v) is 3.04. The van der Waals surface area contributed by atoms with Crippen molar-refractivity contribution in [3.05, 3.63) is 23.8 Å². The summed E-state index contributed by atoms with van der Waals surface area (Å²) in [5, 5.41) is 29.0. The van der Waals surface area contributed by atoms with E-state index < -0.39 is 5.92 Å². The van der Waals surface area contributed by atoms with Gasteiger partial charge < -0.3 is 20.1 Å². The Morgan fingerprint density at radius 2 is 1.56 bits per heavy atom. The number of benzene rings is 1. The Balaban J connectivity index is 2.51. The topological polar surface area (TPSA) is 87.0 Å². The van der Waals surface area contributed by atoms with E-state index in [1.54, 1.807) is 6.92 Å². The Labute approximate surface area is 150 Å². The number of carbonyl (C=O) groups excluding carboxylic acids is 1. The summed E-state index contributed by atoms with van der Waals surface area (Å²) in [5.41, 5.74) is 0.578. The molecule has 5 heteroatoms. The second-order valence-corrected chi connectivity index (χ2v) is 6.52. The number of hydrogen-bond acceptors (Lipinski definition) is 5. The number of esters is 1. The van der Waals surface area contributed by atoms with E-state index in [0.717, 1.165) is 44.9 Å². The Kier molecular flexibility index (Phi) is 10.0. The summed E-state index contributed by atoms with van der Waals surface area (Å²) < 4.78 is 5.14. The van der Waals surface area contributed by atoms with Gasteiger partial charge in [-0.2, -0.15) is 0 Å². The lowest BCUT2D eigenvalue weighted by molar-refractivity contribution is -0.145. The van der Waals surface area contributed by atoms with Crippen molar-refractivity contribution in [2.75, 3.05) is 6.61 Å². The first-order valence-electron chi connectivity index (χ1n) is 9.35. The number of aliphatic hydroxyl groups excluding tert-OH is 1. The Hall–Kier alpha value is -1.75. The third-order valence-corrected chi connectivity index (χ3v) is 4.30. The molecule has 1 rings (SSSR count). The lowest BCUT2D eigenvalue weighted by Gasteiger charge is -2.16. The quantitative estimate of drug-likeness (QED) is 0.387. The highest BCUT2D eigenvalue weighted by Gasteiger charge is 2.22. The number of phenolic OH excluding ortho intramolecular Hbond substituents is 2. The van der Waals surface area contributed by atoms with Gasteiger partial charge in [-0.3, -0.25) is 4.79 Å². The van der Waals surface area contributed by atoms with Gasteiger partial charge in [0.05, 0.1) is 18.6 Å². The van der Waals surface area contributed by atoms with E-state index in [9.17, 15) is 20.1 Å². The van der Waals surface area contributed by atoms with Gasteiger partial charge in [0.15, 0.2) is 0 Å². The van der Waals surface area contributed by atoms with Gasteiger partial charge in [-0.15, -0.1) is 0 Å². The van der Waals surface area contributed by atoms with Crippen molar-refractivity contribution in [1.82, 2.24) is 0 Å². The highest BCUT2D eigenvalue weighted by Crippen LogP contribution is 2.30. The lowest BCUT2D eigenvalue weighted by atomic mass is 9.92. The van der Waals surface area contributed by atoms with Crippen molar-refractivity contribution < 1.29 is 24.9 Å². The van der Waals surface area contributed by atoms with E-state index in [1.165, 1.54) is 18.2 Å². The van der Waals surface area contributed by atoms with Crippen LogP contribution in [0.4, 0.5) is 0 Å². The molecule has 2 atom stereocenters. The van der Waals surface area contributed by atoms with E-state index in [4.69, 9.17) is 4.74 Å². The molecule has 0 fully saturated rings.